The van der Waals surface area contributed by atoms with Gasteiger partial charge in [0.1, 0.15) is 0 Å². The molecule has 1 aliphatic rings. The van der Waals surface area contributed by atoms with Gasteiger partial charge in [-0.1, -0.05) is 38.1 Å². The molecule has 0 atom stereocenters. The summed E-state index contributed by atoms with van der Waals surface area (Å²) in [6.07, 6.45) is 0. The van der Waals surface area contributed by atoms with E-state index in [4.69, 9.17) is 4.42 Å². The molecule has 0 N–H and O–H groups in total. The largest absolute Gasteiger partial charge is 0.440 e. The number of carbonyl (C=O) groups is 2. The molecule has 1 heterocycles. The number of aromatic nitrogens is 1. The van der Waals surface area contributed by atoms with Gasteiger partial charge in [0, 0.05) is 17.0 Å². The highest BCUT2D eigenvalue weighted by Crippen LogP contribution is 2.35. The van der Waals surface area contributed by atoms with Gasteiger partial charge in [0.25, 0.3) is 5.78 Å². The van der Waals surface area contributed by atoms with E-state index in [1.165, 1.54) is 0 Å². The zero-order valence-corrected chi connectivity index (χ0v) is 10.1. The predicted octanol–water partition coefficient (Wildman–Crippen LogP) is 2.84. The molecule has 2 aromatic rings. The highest BCUT2D eigenvalue weighted by molar-refractivity contribution is 6.52. The second kappa shape index (κ2) is 3.63. The minimum absolute atomic E-state index is 0.0747. The third kappa shape index (κ3) is 1.35. The van der Waals surface area contributed by atoms with Gasteiger partial charge in [-0.25, -0.2) is 4.98 Å². The normalized spacial score (nSPS) is 13.7. The van der Waals surface area contributed by atoms with E-state index in [9.17, 15) is 9.59 Å². The van der Waals surface area contributed by atoms with E-state index in [0.717, 1.165) is 0 Å². The van der Waals surface area contributed by atoms with Crippen LogP contribution in [0.2, 0.25) is 0 Å². The van der Waals surface area contributed by atoms with Crippen molar-refractivity contribution in [3.8, 4) is 11.3 Å². The first kappa shape index (κ1) is 10.9. The molecule has 0 spiro atoms. The van der Waals surface area contributed by atoms with E-state index in [1.807, 2.05) is 19.9 Å². The van der Waals surface area contributed by atoms with Crippen molar-refractivity contribution < 1.29 is 14.0 Å². The van der Waals surface area contributed by atoms with Gasteiger partial charge in [-0.3, -0.25) is 9.59 Å². The lowest BCUT2D eigenvalue weighted by molar-refractivity contribution is 0.0812. The van der Waals surface area contributed by atoms with Gasteiger partial charge < -0.3 is 4.42 Å². The van der Waals surface area contributed by atoms with Crippen molar-refractivity contribution >= 4 is 11.6 Å². The molecule has 3 rings (SSSR count). The van der Waals surface area contributed by atoms with Crippen LogP contribution in [0.3, 0.4) is 0 Å². The maximum atomic E-state index is 11.9. The fourth-order valence-electron chi connectivity index (χ4n) is 2.03. The summed E-state index contributed by atoms with van der Waals surface area (Å²) < 4.78 is 5.63. The zero-order chi connectivity index (χ0) is 12.9. The number of carbonyl (C=O) groups excluding carboxylic acids is 2. The summed E-state index contributed by atoms with van der Waals surface area (Å²) in [5.74, 6) is -0.122. The van der Waals surface area contributed by atoms with E-state index in [0.29, 0.717) is 22.8 Å². The standard InChI is InChI=1S/C14H11NO3/c1-7(2)14-15-10-12(17)11(16)8-5-3-4-6-9(8)13(10)18-14/h3-7H,1-2H3. The first-order valence-electron chi connectivity index (χ1n) is 5.78. The van der Waals surface area contributed by atoms with Crippen LogP contribution in [0.5, 0.6) is 0 Å². The molecule has 0 aliphatic heterocycles. The van der Waals surface area contributed by atoms with Gasteiger partial charge in [0.2, 0.25) is 5.78 Å². The third-order valence-corrected chi connectivity index (χ3v) is 2.98. The fraction of sp³-hybridized carbons (Fsp3) is 0.214. The number of Topliss-reactive ketones (excluding diaryl/α,β-unsaturated/α-hetero) is 2. The average Bonchev–Trinajstić information content (AvgIpc) is 2.81. The highest BCUT2D eigenvalue weighted by atomic mass is 16.4. The van der Waals surface area contributed by atoms with Gasteiger partial charge in [-0.2, -0.15) is 0 Å². The number of fused-ring (bicyclic) bond motifs is 3. The Kier molecular flexibility index (Phi) is 2.20. The van der Waals surface area contributed by atoms with Crippen LogP contribution < -0.4 is 0 Å². The van der Waals surface area contributed by atoms with Crippen molar-refractivity contribution in [2.75, 3.05) is 0 Å². The van der Waals surface area contributed by atoms with Crippen LogP contribution in [0, 0.1) is 0 Å². The van der Waals surface area contributed by atoms with E-state index < -0.39 is 11.6 Å². The predicted molar refractivity (Wildman–Crippen MR) is 64.7 cm³/mol. The van der Waals surface area contributed by atoms with E-state index in [2.05, 4.69) is 4.98 Å². The van der Waals surface area contributed by atoms with Gasteiger partial charge in [-0.15, -0.1) is 0 Å². The summed E-state index contributed by atoms with van der Waals surface area (Å²) in [7, 11) is 0. The summed E-state index contributed by atoms with van der Waals surface area (Å²) in [4.78, 5) is 28.0. The maximum absolute atomic E-state index is 11.9. The molecule has 0 saturated heterocycles. The molecule has 0 saturated carbocycles. The monoisotopic (exact) mass is 241 g/mol. The van der Waals surface area contributed by atoms with Crippen LogP contribution in [0.1, 0.15) is 46.5 Å². The minimum atomic E-state index is -0.584. The molecular weight excluding hydrogens is 230 g/mol. The molecule has 1 aliphatic carbocycles. The SMILES string of the molecule is CC(C)c1nc2c(o1)-c1ccccc1C(=O)C2=O. The van der Waals surface area contributed by atoms with Crippen LogP contribution in [-0.2, 0) is 0 Å². The lowest BCUT2D eigenvalue weighted by Gasteiger charge is -2.10. The molecule has 4 heteroatoms. The van der Waals surface area contributed by atoms with Crippen molar-refractivity contribution in [1.29, 1.82) is 0 Å². The fourth-order valence-corrected chi connectivity index (χ4v) is 2.03. The molecule has 1 aromatic carbocycles. The molecule has 0 amide bonds. The Morgan fingerprint density at radius 3 is 2.39 bits per heavy atom. The second-order valence-electron chi connectivity index (χ2n) is 4.59. The van der Waals surface area contributed by atoms with Crippen LogP contribution in [-0.4, -0.2) is 16.6 Å². The third-order valence-electron chi connectivity index (χ3n) is 2.98. The van der Waals surface area contributed by atoms with Crippen molar-refractivity contribution in [3.63, 3.8) is 0 Å². The molecular formula is C14H11NO3. The Bertz CT molecular complexity index is 667. The number of nitrogens with zero attached hydrogens (tertiary/aromatic N) is 1. The maximum Gasteiger partial charge on any atom is 0.255 e. The average molecular weight is 241 g/mol. The lowest BCUT2D eigenvalue weighted by Crippen LogP contribution is -2.20. The second-order valence-corrected chi connectivity index (χ2v) is 4.59. The molecule has 0 radical (unpaired) electrons. The van der Waals surface area contributed by atoms with Crippen LogP contribution in [0.15, 0.2) is 28.7 Å². The van der Waals surface area contributed by atoms with E-state index >= 15 is 0 Å². The molecule has 1 aromatic heterocycles. The van der Waals surface area contributed by atoms with Gasteiger partial charge >= 0.3 is 0 Å². The zero-order valence-electron chi connectivity index (χ0n) is 10.1. The van der Waals surface area contributed by atoms with Crippen molar-refractivity contribution in [2.24, 2.45) is 0 Å². The molecule has 4 nitrogen and oxygen atoms in total. The van der Waals surface area contributed by atoms with Crippen molar-refractivity contribution in [2.45, 2.75) is 19.8 Å². The van der Waals surface area contributed by atoms with Gasteiger partial charge in [0.05, 0.1) is 0 Å². The minimum Gasteiger partial charge on any atom is -0.440 e. The summed E-state index contributed by atoms with van der Waals surface area (Å²) >= 11 is 0. The quantitative estimate of drug-likeness (QED) is 0.720. The Morgan fingerprint density at radius 2 is 1.72 bits per heavy atom. The first-order chi connectivity index (χ1) is 8.59. The van der Waals surface area contributed by atoms with Gasteiger partial charge in [-0.05, 0) is 0 Å². The summed E-state index contributed by atoms with van der Waals surface area (Å²) in [6, 6.07) is 6.95. The molecule has 18 heavy (non-hydrogen) atoms. The highest BCUT2D eigenvalue weighted by Gasteiger charge is 2.35. The summed E-state index contributed by atoms with van der Waals surface area (Å²) in [6.45, 7) is 3.85. The summed E-state index contributed by atoms with van der Waals surface area (Å²) in [5, 5.41) is 0. The number of benzene rings is 1. The lowest BCUT2D eigenvalue weighted by atomic mass is 9.91. The van der Waals surface area contributed by atoms with E-state index in [-0.39, 0.29) is 11.6 Å². The van der Waals surface area contributed by atoms with Crippen LogP contribution in [0.25, 0.3) is 11.3 Å². The molecule has 0 fully saturated rings. The van der Waals surface area contributed by atoms with Crippen LogP contribution >= 0.6 is 0 Å². The smallest absolute Gasteiger partial charge is 0.255 e. The molecule has 90 valence electrons. The van der Waals surface area contributed by atoms with E-state index in [1.54, 1.807) is 18.2 Å². The number of hydrogen-bond donors (Lipinski definition) is 0. The number of hydrogen-bond acceptors (Lipinski definition) is 4. The Balaban J connectivity index is 2.31. The topological polar surface area (TPSA) is 60.2 Å². The van der Waals surface area contributed by atoms with Crippen molar-refractivity contribution in [3.05, 3.63) is 41.4 Å². The number of rotatable bonds is 1. The molecule has 0 unspecified atom stereocenters. The summed E-state index contributed by atoms with van der Waals surface area (Å²) in [5.41, 5.74) is 1.18. The number of ketones is 2. The van der Waals surface area contributed by atoms with Gasteiger partial charge in [0.15, 0.2) is 17.3 Å². The Hall–Kier alpha value is -2.23. The molecule has 0 bridgehead atoms. The van der Waals surface area contributed by atoms with Crippen molar-refractivity contribution in [1.82, 2.24) is 4.98 Å². The Labute approximate surface area is 104 Å². The number of oxazole rings is 1. The Morgan fingerprint density at radius 1 is 1.06 bits per heavy atom. The van der Waals surface area contributed by atoms with Crippen LogP contribution in [0.4, 0.5) is 0 Å². The first-order valence-corrected chi connectivity index (χ1v) is 5.78.